The summed E-state index contributed by atoms with van der Waals surface area (Å²) in [4.78, 5) is 27.7. The number of carboxylic acid groups (broad SMARTS) is 1. The Morgan fingerprint density at radius 3 is 2.29 bits per heavy atom. The predicted octanol–water partition coefficient (Wildman–Crippen LogP) is -4.59. The number of likely N-dealkylation sites (N-methyl/N-ethyl adjacent to an activating group) is 1. The summed E-state index contributed by atoms with van der Waals surface area (Å²) in [6.07, 6.45) is 0. The Labute approximate surface area is 102 Å². The Kier molecular flexibility index (Phi) is 7.45. The van der Waals surface area contributed by atoms with E-state index in [9.17, 15) is 9.36 Å². The number of carbonyl (C=O) groups is 1. The van der Waals surface area contributed by atoms with Crippen LogP contribution in [0.1, 0.15) is 0 Å². The molecule has 0 aliphatic heterocycles. The van der Waals surface area contributed by atoms with Crippen LogP contribution in [0.15, 0.2) is 4.76 Å². The van der Waals surface area contributed by atoms with Gasteiger partial charge in [-0.25, -0.2) is 4.57 Å². The molecule has 5 N–H and O–H groups in total. The molecule has 0 fully saturated rings. The molecule has 0 bridgehead atoms. The maximum Gasteiger partial charge on any atom is 1.00 e. The quantitative estimate of drug-likeness (QED) is 0.167. The zero-order valence-corrected chi connectivity index (χ0v) is 10.7. The predicted molar refractivity (Wildman–Crippen MR) is 43.9 cm³/mol. The molecule has 0 atom stereocenters. The van der Waals surface area contributed by atoms with Crippen molar-refractivity contribution >= 4 is 19.7 Å². The summed E-state index contributed by atoms with van der Waals surface area (Å²) in [5.74, 6) is -1.69. The molecule has 0 radical (unpaired) electrons. The number of nitrogens with two attached hydrogens (primary N) is 1. The average Bonchev–Trinajstić information content (AvgIpc) is 1.81. The Hall–Kier alpha value is -0.110. The minimum Gasteiger partial charge on any atom is -0.480 e. The molecule has 14 heavy (non-hydrogen) atoms. The third kappa shape index (κ3) is 8.49. The molecule has 76 valence electrons. The van der Waals surface area contributed by atoms with Crippen molar-refractivity contribution in [3.63, 3.8) is 0 Å². The summed E-state index contributed by atoms with van der Waals surface area (Å²) in [5, 5.41) is 8.28. The van der Waals surface area contributed by atoms with E-state index < -0.39 is 26.2 Å². The third-order valence-electron chi connectivity index (χ3n) is 0.996. The minimum atomic E-state index is -4.59. The molecule has 0 saturated heterocycles. The smallest absolute Gasteiger partial charge is 0.480 e. The second-order valence-electron chi connectivity index (χ2n) is 2.22. The van der Waals surface area contributed by atoms with Gasteiger partial charge < -0.3 is 25.5 Å². The van der Waals surface area contributed by atoms with Gasteiger partial charge in [0.1, 0.15) is 6.54 Å². The second kappa shape index (κ2) is 6.39. The first-order valence-electron chi connectivity index (χ1n) is 3.06. The molecule has 0 amide bonds. The number of carboxylic acids is 1. The number of guanidine groups is 1. The molecule has 0 aliphatic carbocycles. The van der Waals surface area contributed by atoms with Gasteiger partial charge in [0.15, 0.2) is 0 Å². The Bertz CT molecular complexity index is 276. The van der Waals surface area contributed by atoms with Gasteiger partial charge in [0.2, 0.25) is 5.96 Å². The van der Waals surface area contributed by atoms with E-state index in [1.165, 1.54) is 7.05 Å². The van der Waals surface area contributed by atoms with Gasteiger partial charge in [0.05, 0.1) is 0 Å². The molecule has 0 rings (SSSR count). The van der Waals surface area contributed by atoms with Crippen molar-refractivity contribution in [3.8, 4) is 0 Å². The zero-order chi connectivity index (χ0) is 10.6. The first-order chi connectivity index (χ1) is 5.72. The van der Waals surface area contributed by atoms with Crippen molar-refractivity contribution in [2.24, 2.45) is 10.5 Å². The Morgan fingerprint density at radius 2 is 2.00 bits per heavy atom. The standard InChI is InChI=1S/C4H10N3O5P.Na/c1-7(2-3(8)9)4(5)6-13(10,11)12;/h2H2,1H3,(H,8,9)(H4,5,6,10,11,12);/q;+1. The summed E-state index contributed by atoms with van der Waals surface area (Å²) in [7, 11) is -3.34. The molecule has 0 aromatic heterocycles. The largest absolute Gasteiger partial charge is 1.00 e. The molecule has 0 aromatic carbocycles. The first-order valence-corrected chi connectivity index (χ1v) is 4.63. The van der Waals surface area contributed by atoms with Crippen LogP contribution >= 0.6 is 7.75 Å². The van der Waals surface area contributed by atoms with Crippen molar-refractivity contribution in [3.05, 3.63) is 0 Å². The normalized spacial score (nSPS) is 11.8. The number of hydrogen-bond donors (Lipinski definition) is 4. The van der Waals surface area contributed by atoms with Gasteiger partial charge in [0.25, 0.3) is 0 Å². The van der Waals surface area contributed by atoms with E-state index in [0.29, 0.717) is 0 Å². The van der Waals surface area contributed by atoms with Crippen molar-refractivity contribution in [1.29, 1.82) is 0 Å². The SMILES string of the molecule is CN(CC(=O)O)/C(N)=N\P(=O)(O)O.[Na+]. The van der Waals surface area contributed by atoms with E-state index in [0.717, 1.165) is 4.90 Å². The maximum absolute atomic E-state index is 10.3. The van der Waals surface area contributed by atoms with Crippen LogP contribution in [0.3, 0.4) is 0 Å². The number of aliphatic carboxylic acids is 1. The molecule has 0 aliphatic rings. The number of rotatable bonds is 3. The van der Waals surface area contributed by atoms with Gasteiger partial charge in [-0.15, -0.1) is 4.76 Å². The molecular weight excluding hydrogens is 224 g/mol. The second-order valence-corrected chi connectivity index (χ2v) is 3.45. The summed E-state index contributed by atoms with van der Waals surface area (Å²) in [6, 6.07) is 0. The van der Waals surface area contributed by atoms with Crippen LogP contribution in [-0.2, 0) is 9.36 Å². The minimum absolute atomic E-state index is 0. The fraction of sp³-hybridized carbons (Fsp3) is 0.500. The molecule has 10 heteroatoms. The Morgan fingerprint density at radius 1 is 1.57 bits per heavy atom. The summed E-state index contributed by atoms with van der Waals surface area (Å²) in [5.41, 5.74) is 5.07. The fourth-order valence-corrected chi connectivity index (χ4v) is 0.913. The monoisotopic (exact) mass is 234 g/mol. The zero-order valence-electron chi connectivity index (χ0n) is 7.78. The van der Waals surface area contributed by atoms with Crippen molar-refractivity contribution in [2.75, 3.05) is 13.6 Å². The van der Waals surface area contributed by atoms with E-state index >= 15 is 0 Å². The van der Waals surface area contributed by atoms with Gasteiger partial charge in [-0.05, 0) is 0 Å². The van der Waals surface area contributed by atoms with Gasteiger partial charge in [-0.3, -0.25) is 4.79 Å². The fourth-order valence-electron chi connectivity index (χ4n) is 0.494. The van der Waals surface area contributed by atoms with Crippen molar-refractivity contribution in [1.82, 2.24) is 4.90 Å². The molecular formula is C4H10N3NaO5P+. The first kappa shape index (κ1) is 16.3. The molecule has 0 unspecified atom stereocenters. The van der Waals surface area contributed by atoms with E-state index in [4.69, 9.17) is 20.6 Å². The van der Waals surface area contributed by atoms with Crippen molar-refractivity contribution < 1.29 is 53.8 Å². The molecule has 0 aromatic rings. The van der Waals surface area contributed by atoms with Gasteiger partial charge in [-0.2, -0.15) is 0 Å². The summed E-state index contributed by atoms with van der Waals surface area (Å²) >= 11 is 0. The van der Waals surface area contributed by atoms with Crippen LogP contribution in [0.2, 0.25) is 0 Å². The van der Waals surface area contributed by atoms with Crippen LogP contribution in [0.25, 0.3) is 0 Å². The van der Waals surface area contributed by atoms with Gasteiger partial charge in [-0.1, -0.05) is 0 Å². The molecule has 0 saturated carbocycles. The van der Waals surface area contributed by atoms with Gasteiger partial charge >= 0.3 is 43.3 Å². The Balaban J connectivity index is 0. The van der Waals surface area contributed by atoms with E-state index in [-0.39, 0.29) is 29.6 Å². The van der Waals surface area contributed by atoms with Crippen LogP contribution in [0.4, 0.5) is 0 Å². The summed E-state index contributed by atoms with van der Waals surface area (Å²) < 4.78 is 13.1. The van der Waals surface area contributed by atoms with E-state index in [1.807, 2.05) is 0 Å². The average molecular weight is 234 g/mol. The third-order valence-corrected chi connectivity index (χ3v) is 1.46. The van der Waals surface area contributed by atoms with Crippen molar-refractivity contribution in [2.45, 2.75) is 0 Å². The topological polar surface area (TPSA) is 136 Å². The maximum atomic E-state index is 10.3. The molecule has 8 nitrogen and oxygen atoms in total. The van der Waals surface area contributed by atoms with Gasteiger partial charge in [0, 0.05) is 7.05 Å². The van der Waals surface area contributed by atoms with E-state index in [2.05, 4.69) is 4.76 Å². The number of hydrogen-bond acceptors (Lipinski definition) is 2. The van der Waals surface area contributed by atoms with Crippen LogP contribution in [-0.4, -0.2) is 45.3 Å². The van der Waals surface area contributed by atoms with Crippen LogP contribution in [0.5, 0.6) is 0 Å². The molecule has 0 spiro atoms. The summed E-state index contributed by atoms with van der Waals surface area (Å²) in [6.45, 7) is -0.477. The van der Waals surface area contributed by atoms with Crippen LogP contribution < -0.4 is 35.3 Å². The number of nitrogens with zero attached hydrogens (tertiary/aromatic N) is 2. The molecule has 0 heterocycles. The van der Waals surface area contributed by atoms with E-state index in [1.54, 1.807) is 0 Å². The van der Waals surface area contributed by atoms with Crippen LogP contribution in [0, 0.1) is 0 Å².